The van der Waals surface area contributed by atoms with Gasteiger partial charge < -0.3 is 0 Å². The monoisotopic (exact) mass is 508 g/mol. The fourth-order valence-corrected chi connectivity index (χ4v) is 4.32. The molecule has 37 heavy (non-hydrogen) atoms. The molecule has 2 aliphatic heterocycles. The molecule has 1 aromatic heterocycles. The molecule has 188 valence electrons. The van der Waals surface area contributed by atoms with E-state index in [4.69, 9.17) is 0 Å². The van der Waals surface area contributed by atoms with Crippen molar-refractivity contribution >= 4 is 17.8 Å². The molecule has 1 unspecified atom stereocenters. The molecule has 0 amide bonds. The number of nitrogens with zero attached hydrogens (tertiary/aromatic N) is 4. The van der Waals surface area contributed by atoms with Crippen LogP contribution in [0.5, 0.6) is 0 Å². The SMILES string of the molecule is Cc1ccc(-c2ccc(CC3CC/C=C4/N=C(c5cccc(F)c5F)N=C4C=N3)nc2)c(C(F)(F)F)c1. The van der Waals surface area contributed by atoms with Crippen LogP contribution in [0.1, 0.15) is 35.2 Å². The minimum Gasteiger partial charge on any atom is -0.287 e. The molecular weight excluding hydrogens is 487 g/mol. The molecule has 0 radical (unpaired) electrons. The molecule has 0 fully saturated rings. The van der Waals surface area contributed by atoms with E-state index in [9.17, 15) is 22.0 Å². The zero-order valence-corrected chi connectivity index (χ0v) is 19.7. The first kappa shape index (κ1) is 24.7. The fourth-order valence-electron chi connectivity index (χ4n) is 4.32. The highest BCUT2D eigenvalue weighted by Gasteiger charge is 2.33. The lowest BCUT2D eigenvalue weighted by Crippen LogP contribution is -2.14. The molecular formula is C28H21F5N4. The van der Waals surface area contributed by atoms with Gasteiger partial charge in [0.25, 0.3) is 0 Å². The molecule has 0 bridgehead atoms. The van der Waals surface area contributed by atoms with E-state index in [0.717, 1.165) is 12.1 Å². The van der Waals surface area contributed by atoms with E-state index in [1.807, 2.05) is 6.08 Å². The maximum atomic E-state index is 14.2. The number of allylic oxidation sites excluding steroid dienone is 2. The summed E-state index contributed by atoms with van der Waals surface area (Å²) in [7, 11) is 0. The Labute approximate surface area is 210 Å². The van der Waals surface area contributed by atoms with Crippen molar-refractivity contribution in [1.82, 2.24) is 4.98 Å². The van der Waals surface area contributed by atoms with Crippen LogP contribution in [0.2, 0.25) is 0 Å². The van der Waals surface area contributed by atoms with Crippen LogP contribution in [-0.2, 0) is 12.6 Å². The highest BCUT2D eigenvalue weighted by atomic mass is 19.4. The number of hydrogen-bond acceptors (Lipinski definition) is 4. The summed E-state index contributed by atoms with van der Waals surface area (Å²) in [6.07, 6.45) is 2.25. The second-order valence-corrected chi connectivity index (χ2v) is 8.92. The third kappa shape index (κ3) is 5.26. The van der Waals surface area contributed by atoms with Crippen molar-refractivity contribution in [3.8, 4) is 11.1 Å². The van der Waals surface area contributed by atoms with Crippen LogP contribution >= 0.6 is 0 Å². The minimum atomic E-state index is -4.47. The number of hydrogen-bond donors (Lipinski definition) is 0. The number of aromatic nitrogens is 1. The maximum absolute atomic E-state index is 14.2. The van der Waals surface area contributed by atoms with Crippen LogP contribution < -0.4 is 0 Å². The van der Waals surface area contributed by atoms with Gasteiger partial charge in [-0.25, -0.2) is 18.8 Å². The van der Waals surface area contributed by atoms with Gasteiger partial charge in [0.15, 0.2) is 17.5 Å². The molecule has 5 rings (SSSR count). The van der Waals surface area contributed by atoms with Gasteiger partial charge in [0.1, 0.15) is 5.71 Å². The standard InChI is InChI=1S/C28H21F5N4/c1-16-8-11-20(22(12-16)28(31,32)33)17-9-10-19(34-14-17)13-18-4-2-7-24-25(15-35-18)37-27(36-24)21-5-3-6-23(29)26(21)30/h3,5-12,14-15,18H,2,4,13H2,1H3/b24-7+,35-15?. The third-order valence-corrected chi connectivity index (χ3v) is 6.21. The third-order valence-electron chi connectivity index (χ3n) is 6.21. The van der Waals surface area contributed by atoms with Gasteiger partial charge in [0, 0.05) is 30.1 Å². The van der Waals surface area contributed by atoms with E-state index >= 15 is 0 Å². The Morgan fingerprint density at radius 2 is 1.81 bits per heavy atom. The lowest BCUT2D eigenvalue weighted by atomic mass is 9.97. The van der Waals surface area contributed by atoms with Crippen LogP contribution in [0.4, 0.5) is 22.0 Å². The number of aliphatic imine (C=N–C) groups is 3. The van der Waals surface area contributed by atoms with E-state index < -0.39 is 23.4 Å². The summed E-state index contributed by atoms with van der Waals surface area (Å²) in [4.78, 5) is 17.7. The summed E-state index contributed by atoms with van der Waals surface area (Å²) < 4.78 is 68.4. The van der Waals surface area contributed by atoms with Crippen LogP contribution in [-0.4, -0.2) is 28.8 Å². The van der Waals surface area contributed by atoms with Crippen LogP contribution in [0.3, 0.4) is 0 Å². The van der Waals surface area contributed by atoms with Crippen LogP contribution in [0.25, 0.3) is 11.1 Å². The molecule has 0 saturated heterocycles. The average molecular weight is 508 g/mol. The number of amidine groups is 1. The predicted molar refractivity (Wildman–Crippen MR) is 133 cm³/mol. The molecule has 3 heterocycles. The van der Waals surface area contributed by atoms with E-state index in [0.29, 0.717) is 47.5 Å². The molecule has 3 aromatic rings. The predicted octanol–water partition coefficient (Wildman–Crippen LogP) is 6.92. The van der Waals surface area contributed by atoms with E-state index in [1.165, 1.54) is 24.4 Å². The van der Waals surface area contributed by atoms with Crippen molar-refractivity contribution in [2.45, 2.75) is 38.4 Å². The van der Waals surface area contributed by atoms with Crippen molar-refractivity contribution in [1.29, 1.82) is 0 Å². The van der Waals surface area contributed by atoms with Crippen molar-refractivity contribution in [3.05, 3.63) is 101 Å². The maximum Gasteiger partial charge on any atom is 0.417 e. The zero-order valence-electron chi connectivity index (χ0n) is 19.7. The number of rotatable bonds is 4. The van der Waals surface area contributed by atoms with Crippen molar-refractivity contribution in [3.63, 3.8) is 0 Å². The van der Waals surface area contributed by atoms with Crippen LogP contribution in [0.15, 0.2) is 81.5 Å². The summed E-state index contributed by atoms with van der Waals surface area (Å²) in [6, 6.07) is 11.3. The molecule has 4 nitrogen and oxygen atoms in total. The van der Waals surface area contributed by atoms with Crippen LogP contribution in [0, 0.1) is 18.6 Å². The smallest absolute Gasteiger partial charge is 0.287 e. The zero-order chi connectivity index (χ0) is 26.2. The van der Waals surface area contributed by atoms with Gasteiger partial charge in [0.05, 0.1) is 22.9 Å². The van der Waals surface area contributed by atoms with Crippen molar-refractivity contribution in [2.24, 2.45) is 15.0 Å². The molecule has 2 aliphatic rings. The first-order valence-corrected chi connectivity index (χ1v) is 11.7. The Hall–Kier alpha value is -4.01. The molecule has 1 atom stereocenters. The number of halogens is 5. The molecule has 0 spiro atoms. The molecule has 9 heteroatoms. The number of aryl methyl sites for hydroxylation is 1. The van der Waals surface area contributed by atoms with E-state index in [-0.39, 0.29) is 23.0 Å². The van der Waals surface area contributed by atoms with Gasteiger partial charge in [0.2, 0.25) is 0 Å². The van der Waals surface area contributed by atoms with Crippen molar-refractivity contribution in [2.75, 3.05) is 0 Å². The Bertz CT molecular complexity index is 1470. The fraction of sp³-hybridized carbons (Fsp3) is 0.214. The first-order valence-electron chi connectivity index (χ1n) is 11.7. The van der Waals surface area contributed by atoms with Gasteiger partial charge >= 0.3 is 6.18 Å². The summed E-state index contributed by atoms with van der Waals surface area (Å²) in [6.45, 7) is 1.62. The second-order valence-electron chi connectivity index (χ2n) is 8.92. The highest BCUT2D eigenvalue weighted by molar-refractivity contribution is 6.43. The van der Waals surface area contributed by atoms with Gasteiger partial charge in [-0.05, 0) is 49.6 Å². The Morgan fingerprint density at radius 3 is 2.57 bits per heavy atom. The lowest BCUT2D eigenvalue weighted by Gasteiger charge is -2.15. The number of fused-ring (bicyclic) bond motifs is 1. The Kier molecular flexibility index (Phi) is 6.54. The minimum absolute atomic E-state index is 0.0170. The van der Waals surface area contributed by atoms with E-state index in [2.05, 4.69) is 20.0 Å². The summed E-state index contributed by atoms with van der Waals surface area (Å²) in [5.41, 5.74) is 2.02. The van der Waals surface area contributed by atoms with Gasteiger partial charge in [-0.15, -0.1) is 0 Å². The van der Waals surface area contributed by atoms with Crippen molar-refractivity contribution < 1.29 is 22.0 Å². The molecule has 0 aliphatic carbocycles. The lowest BCUT2D eigenvalue weighted by molar-refractivity contribution is -0.137. The normalized spacial score (nSPS) is 18.9. The van der Waals surface area contributed by atoms with Gasteiger partial charge in [-0.2, -0.15) is 13.2 Å². The van der Waals surface area contributed by atoms with E-state index in [1.54, 1.807) is 31.3 Å². The first-order chi connectivity index (χ1) is 17.7. The van der Waals surface area contributed by atoms with Gasteiger partial charge in [-0.1, -0.05) is 35.9 Å². The quantitative estimate of drug-likeness (QED) is 0.353. The number of benzene rings is 2. The second kappa shape index (κ2) is 9.80. The number of alkyl halides is 3. The largest absolute Gasteiger partial charge is 0.417 e. The topological polar surface area (TPSA) is 50.0 Å². The molecule has 0 saturated carbocycles. The summed E-state index contributed by atoms with van der Waals surface area (Å²) >= 11 is 0. The highest BCUT2D eigenvalue weighted by Crippen LogP contribution is 2.37. The van der Waals surface area contributed by atoms with Gasteiger partial charge in [-0.3, -0.25) is 9.98 Å². The summed E-state index contributed by atoms with van der Waals surface area (Å²) in [5, 5.41) is 0. The summed E-state index contributed by atoms with van der Waals surface area (Å²) in [5.74, 6) is -1.88. The average Bonchev–Trinajstić information content (AvgIpc) is 3.24. The Morgan fingerprint density at radius 1 is 0.973 bits per heavy atom. The number of pyridine rings is 1. The molecule has 2 aromatic carbocycles. The Balaban J connectivity index is 1.32. The molecule has 0 N–H and O–H groups in total.